The summed E-state index contributed by atoms with van der Waals surface area (Å²) in [6, 6.07) is 0. The maximum Gasteiger partial charge on any atom is 0.229 e. The molecule has 0 aromatic carbocycles. The lowest BCUT2D eigenvalue weighted by atomic mass is 9.83. The lowest BCUT2D eigenvalue weighted by Crippen LogP contribution is -2.33. The van der Waals surface area contributed by atoms with E-state index in [0.29, 0.717) is 11.7 Å². The molecule has 1 aliphatic carbocycles. The van der Waals surface area contributed by atoms with Crippen molar-refractivity contribution in [3.63, 3.8) is 0 Å². The van der Waals surface area contributed by atoms with Gasteiger partial charge in [-0.15, -0.1) is 0 Å². The summed E-state index contributed by atoms with van der Waals surface area (Å²) in [6.45, 7) is 4.72. The third-order valence-corrected chi connectivity index (χ3v) is 4.04. The van der Waals surface area contributed by atoms with Crippen molar-refractivity contribution in [2.24, 2.45) is 5.92 Å². The van der Waals surface area contributed by atoms with Crippen LogP contribution in [0.25, 0.3) is 0 Å². The van der Waals surface area contributed by atoms with Crippen LogP contribution in [0.2, 0.25) is 0 Å². The molecule has 1 atom stereocenters. The van der Waals surface area contributed by atoms with E-state index in [-0.39, 0.29) is 6.10 Å². The first-order valence-electron chi connectivity index (χ1n) is 6.98. The van der Waals surface area contributed by atoms with Crippen LogP contribution in [0.15, 0.2) is 4.52 Å². The zero-order valence-electron chi connectivity index (χ0n) is 10.9. The summed E-state index contributed by atoms with van der Waals surface area (Å²) in [6.07, 6.45) is 4.84. The normalized spacial score (nSPS) is 33.5. The first kappa shape index (κ1) is 12.1. The fourth-order valence-electron chi connectivity index (χ4n) is 2.78. The molecule has 2 fully saturated rings. The van der Waals surface area contributed by atoms with Crippen LogP contribution in [0.1, 0.15) is 56.3 Å². The Kier molecular flexibility index (Phi) is 3.61. The van der Waals surface area contributed by atoms with Crippen molar-refractivity contribution in [1.29, 1.82) is 0 Å². The molecule has 0 bridgehead atoms. The summed E-state index contributed by atoms with van der Waals surface area (Å²) >= 11 is 0. The van der Waals surface area contributed by atoms with Crippen LogP contribution in [-0.2, 0) is 4.74 Å². The van der Waals surface area contributed by atoms with Crippen LogP contribution in [0.3, 0.4) is 0 Å². The number of hydrogen-bond acceptors (Lipinski definition) is 5. The van der Waals surface area contributed by atoms with E-state index in [4.69, 9.17) is 9.26 Å². The van der Waals surface area contributed by atoms with Gasteiger partial charge in [0.25, 0.3) is 0 Å². The number of rotatable bonds is 2. The molecule has 1 saturated heterocycles. The lowest BCUT2D eigenvalue weighted by molar-refractivity contribution is 0.0208. The van der Waals surface area contributed by atoms with E-state index in [2.05, 4.69) is 22.4 Å². The van der Waals surface area contributed by atoms with Gasteiger partial charge in [-0.25, -0.2) is 0 Å². The largest absolute Gasteiger partial charge is 0.367 e. The molecule has 0 amide bonds. The minimum Gasteiger partial charge on any atom is -0.367 e. The topological polar surface area (TPSA) is 60.2 Å². The van der Waals surface area contributed by atoms with Crippen LogP contribution < -0.4 is 5.32 Å². The first-order valence-corrected chi connectivity index (χ1v) is 6.98. The highest BCUT2D eigenvalue weighted by Crippen LogP contribution is 2.35. The summed E-state index contributed by atoms with van der Waals surface area (Å²) in [5.74, 6) is 2.82. The summed E-state index contributed by atoms with van der Waals surface area (Å²) in [7, 11) is 0. The smallest absolute Gasteiger partial charge is 0.229 e. The third-order valence-electron chi connectivity index (χ3n) is 4.04. The quantitative estimate of drug-likeness (QED) is 0.871. The average molecular weight is 251 g/mol. The molecular weight excluding hydrogens is 230 g/mol. The maximum absolute atomic E-state index is 5.63. The Balaban J connectivity index is 1.65. The zero-order valence-corrected chi connectivity index (χ0v) is 10.9. The number of hydrogen-bond donors (Lipinski definition) is 1. The average Bonchev–Trinajstić information content (AvgIpc) is 2.90. The molecule has 1 saturated carbocycles. The van der Waals surface area contributed by atoms with Gasteiger partial charge in [-0.2, -0.15) is 4.98 Å². The van der Waals surface area contributed by atoms with Crippen LogP contribution in [-0.4, -0.2) is 29.8 Å². The summed E-state index contributed by atoms with van der Waals surface area (Å²) in [5, 5.41) is 7.36. The predicted molar refractivity (Wildman–Crippen MR) is 66.2 cm³/mol. The number of aromatic nitrogens is 2. The van der Waals surface area contributed by atoms with Gasteiger partial charge in [0, 0.05) is 19.0 Å². The van der Waals surface area contributed by atoms with Crippen molar-refractivity contribution in [3.05, 3.63) is 11.7 Å². The van der Waals surface area contributed by atoms with Gasteiger partial charge in [-0.05, 0) is 31.6 Å². The van der Waals surface area contributed by atoms with E-state index in [9.17, 15) is 0 Å². The van der Waals surface area contributed by atoms with E-state index in [1.807, 2.05) is 0 Å². The minimum atomic E-state index is -0.0428. The molecule has 0 spiro atoms. The van der Waals surface area contributed by atoms with Crippen molar-refractivity contribution in [2.45, 2.75) is 44.6 Å². The summed E-state index contributed by atoms with van der Waals surface area (Å²) < 4.78 is 11.1. The molecule has 2 heterocycles. The van der Waals surface area contributed by atoms with Crippen LogP contribution in [0, 0.1) is 5.92 Å². The van der Waals surface area contributed by atoms with Gasteiger partial charge in [-0.3, -0.25) is 0 Å². The molecular formula is C13H21N3O2. The number of nitrogens with one attached hydrogen (secondary N) is 1. The lowest BCUT2D eigenvalue weighted by Gasteiger charge is -2.23. The maximum atomic E-state index is 5.63. The second-order valence-electron chi connectivity index (χ2n) is 5.51. The zero-order chi connectivity index (χ0) is 12.4. The van der Waals surface area contributed by atoms with Crippen molar-refractivity contribution in [1.82, 2.24) is 15.5 Å². The van der Waals surface area contributed by atoms with Crippen LogP contribution in [0.5, 0.6) is 0 Å². The fraction of sp³-hybridized carbons (Fsp3) is 0.846. The predicted octanol–water partition coefficient (Wildman–Crippen LogP) is 2.02. The van der Waals surface area contributed by atoms with Crippen LogP contribution in [0.4, 0.5) is 0 Å². The Morgan fingerprint density at radius 1 is 1.22 bits per heavy atom. The molecule has 100 valence electrons. The third kappa shape index (κ3) is 2.57. The summed E-state index contributed by atoms with van der Waals surface area (Å²) in [5.41, 5.74) is 0. The number of ether oxygens (including phenoxy) is 1. The first-order chi connectivity index (χ1) is 8.83. The highest BCUT2D eigenvalue weighted by Gasteiger charge is 2.27. The molecule has 2 aliphatic rings. The molecule has 5 heteroatoms. The Morgan fingerprint density at radius 2 is 2.06 bits per heavy atom. The summed E-state index contributed by atoms with van der Waals surface area (Å²) in [4.78, 5) is 4.54. The number of morpholine rings is 1. The van der Waals surface area contributed by atoms with Gasteiger partial charge in [0.05, 0.1) is 6.61 Å². The monoisotopic (exact) mass is 251 g/mol. The van der Waals surface area contributed by atoms with E-state index in [1.54, 1.807) is 0 Å². The molecule has 3 rings (SSSR count). The molecule has 0 radical (unpaired) electrons. The van der Waals surface area contributed by atoms with Crippen molar-refractivity contribution in [2.75, 3.05) is 19.7 Å². The van der Waals surface area contributed by atoms with Gasteiger partial charge in [0.1, 0.15) is 6.10 Å². The molecule has 18 heavy (non-hydrogen) atoms. The Bertz CT molecular complexity index is 379. The van der Waals surface area contributed by atoms with E-state index >= 15 is 0 Å². The molecule has 1 aromatic heterocycles. The van der Waals surface area contributed by atoms with Crippen molar-refractivity contribution < 1.29 is 9.26 Å². The molecule has 1 aromatic rings. The second-order valence-corrected chi connectivity index (χ2v) is 5.51. The number of nitrogens with zero attached hydrogens (tertiary/aromatic N) is 2. The second kappa shape index (κ2) is 5.36. The highest BCUT2D eigenvalue weighted by molar-refractivity contribution is 4.99. The standard InChI is InChI=1S/C13H21N3O2/c1-9-2-4-10(5-3-9)13-15-12(16-18-13)11-8-14-6-7-17-11/h9-11,14H,2-8H2,1H3. The van der Waals surface area contributed by atoms with Gasteiger partial charge >= 0.3 is 0 Å². The van der Waals surface area contributed by atoms with E-state index < -0.39 is 0 Å². The fourth-order valence-corrected chi connectivity index (χ4v) is 2.78. The minimum absolute atomic E-state index is 0.0428. The Morgan fingerprint density at radius 3 is 2.78 bits per heavy atom. The van der Waals surface area contributed by atoms with Crippen molar-refractivity contribution in [3.8, 4) is 0 Å². The van der Waals surface area contributed by atoms with Crippen molar-refractivity contribution >= 4 is 0 Å². The molecule has 1 unspecified atom stereocenters. The van der Waals surface area contributed by atoms with Crippen LogP contribution >= 0.6 is 0 Å². The van der Waals surface area contributed by atoms with Gasteiger partial charge in [-0.1, -0.05) is 12.1 Å². The molecule has 1 aliphatic heterocycles. The SMILES string of the molecule is CC1CCC(c2nc(C3CNCCO3)no2)CC1. The molecule has 1 N–H and O–H groups in total. The van der Waals surface area contributed by atoms with E-state index in [1.165, 1.54) is 25.7 Å². The van der Waals surface area contributed by atoms with E-state index in [0.717, 1.165) is 31.5 Å². The highest BCUT2D eigenvalue weighted by atomic mass is 16.5. The van der Waals surface area contributed by atoms with Gasteiger partial charge < -0.3 is 14.6 Å². The Labute approximate surface area is 107 Å². The van der Waals surface area contributed by atoms with Gasteiger partial charge in [0.15, 0.2) is 0 Å². The van der Waals surface area contributed by atoms with Gasteiger partial charge in [0.2, 0.25) is 11.7 Å². The molecule has 5 nitrogen and oxygen atoms in total. The Hall–Kier alpha value is -0.940.